The molecule has 0 aliphatic carbocycles. The van der Waals surface area contributed by atoms with Crippen LogP contribution in [0.2, 0.25) is 0 Å². The van der Waals surface area contributed by atoms with Crippen molar-refractivity contribution >= 4 is 12.0 Å². The first-order valence-electron chi connectivity index (χ1n) is 7.68. The number of rotatable bonds is 7. The Labute approximate surface area is 142 Å². The molecule has 0 atom stereocenters. The van der Waals surface area contributed by atoms with E-state index in [1.807, 2.05) is 30.3 Å². The van der Waals surface area contributed by atoms with Crippen molar-refractivity contribution in [2.24, 2.45) is 0 Å². The van der Waals surface area contributed by atoms with Crippen LogP contribution in [0, 0.1) is 0 Å². The summed E-state index contributed by atoms with van der Waals surface area (Å²) >= 11 is 0. The first kappa shape index (κ1) is 17.5. The van der Waals surface area contributed by atoms with E-state index in [0.29, 0.717) is 13.0 Å². The minimum absolute atomic E-state index is 0.0497. The summed E-state index contributed by atoms with van der Waals surface area (Å²) in [5.74, 6) is 1.46. The second-order valence-corrected chi connectivity index (χ2v) is 5.31. The number of likely N-dealkylation sites (N-methyl/N-ethyl adjacent to an activating group) is 1. The number of amides is 1. The lowest BCUT2D eigenvalue weighted by molar-refractivity contribution is -0.124. The molecule has 0 saturated heterocycles. The molecular formula is C19H22N2O3. The minimum Gasteiger partial charge on any atom is -0.497 e. The molecule has 1 aromatic carbocycles. The summed E-state index contributed by atoms with van der Waals surface area (Å²) in [6.07, 6.45) is 7.44. The highest BCUT2D eigenvalue weighted by molar-refractivity contribution is 5.91. The Morgan fingerprint density at radius 2 is 2.08 bits per heavy atom. The molecule has 0 N–H and O–H groups in total. The van der Waals surface area contributed by atoms with Gasteiger partial charge in [0.25, 0.3) is 0 Å². The minimum atomic E-state index is -0.0497. The molecule has 5 nitrogen and oxygen atoms in total. The van der Waals surface area contributed by atoms with E-state index in [1.165, 1.54) is 0 Å². The van der Waals surface area contributed by atoms with E-state index in [-0.39, 0.29) is 5.91 Å². The van der Waals surface area contributed by atoms with Gasteiger partial charge in [0, 0.05) is 38.1 Å². The zero-order valence-electron chi connectivity index (χ0n) is 14.2. The second kappa shape index (κ2) is 8.72. The molecule has 1 heterocycles. The highest BCUT2D eigenvalue weighted by atomic mass is 16.5. The number of pyridine rings is 1. The van der Waals surface area contributed by atoms with Crippen molar-refractivity contribution in [2.75, 3.05) is 27.8 Å². The molecule has 1 amide bonds. The predicted molar refractivity (Wildman–Crippen MR) is 94.2 cm³/mol. The normalized spacial score (nSPS) is 10.6. The van der Waals surface area contributed by atoms with Gasteiger partial charge in [-0.2, -0.15) is 0 Å². The molecule has 0 saturated carbocycles. The molecule has 0 unspecified atom stereocenters. The molecule has 24 heavy (non-hydrogen) atoms. The highest BCUT2D eigenvalue weighted by Gasteiger charge is 2.09. The zero-order chi connectivity index (χ0) is 17.4. The van der Waals surface area contributed by atoms with E-state index in [1.54, 1.807) is 50.7 Å². The van der Waals surface area contributed by atoms with Crippen molar-refractivity contribution in [3.05, 3.63) is 59.9 Å². The number of methoxy groups -OCH3 is 2. The average Bonchev–Trinajstić information content (AvgIpc) is 2.64. The van der Waals surface area contributed by atoms with Crippen LogP contribution in [0.3, 0.4) is 0 Å². The fourth-order valence-electron chi connectivity index (χ4n) is 2.23. The van der Waals surface area contributed by atoms with Gasteiger partial charge >= 0.3 is 0 Å². The number of hydrogen-bond acceptors (Lipinski definition) is 4. The smallest absolute Gasteiger partial charge is 0.246 e. The lowest BCUT2D eigenvalue weighted by Gasteiger charge is -2.16. The van der Waals surface area contributed by atoms with Crippen molar-refractivity contribution in [1.29, 1.82) is 0 Å². The standard InChI is InChI=1S/C19H22N2O3/c1-21(19(22)9-6-15-5-4-11-20-14-15)12-10-16-7-8-17(23-2)13-18(16)24-3/h4-9,11,13-14H,10,12H2,1-3H3/b9-6+. The summed E-state index contributed by atoms with van der Waals surface area (Å²) in [5.41, 5.74) is 1.94. The van der Waals surface area contributed by atoms with Gasteiger partial charge in [0.1, 0.15) is 11.5 Å². The van der Waals surface area contributed by atoms with Crippen LogP contribution in [0.15, 0.2) is 48.8 Å². The van der Waals surface area contributed by atoms with E-state index < -0.39 is 0 Å². The molecule has 5 heteroatoms. The molecule has 126 valence electrons. The van der Waals surface area contributed by atoms with Gasteiger partial charge < -0.3 is 14.4 Å². The van der Waals surface area contributed by atoms with Crippen molar-refractivity contribution in [1.82, 2.24) is 9.88 Å². The third-order valence-electron chi connectivity index (χ3n) is 3.69. The van der Waals surface area contributed by atoms with Gasteiger partial charge in [0.2, 0.25) is 5.91 Å². The molecular weight excluding hydrogens is 304 g/mol. The van der Waals surface area contributed by atoms with Crippen LogP contribution < -0.4 is 9.47 Å². The zero-order valence-corrected chi connectivity index (χ0v) is 14.2. The molecule has 0 aliphatic heterocycles. The molecule has 2 aromatic rings. The van der Waals surface area contributed by atoms with Crippen molar-refractivity contribution in [2.45, 2.75) is 6.42 Å². The van der Waals surface area contributed by atoms with Gasteiger partial charge in [-0.1, -0.05) is 12.1 Å². The van der Waals surface area contributed by atoms with Crippen LogP contribution in [0.4, 0.5) is 0 Å². The van der Waals surface area contributed by atoms with Gasteiger partial charge in [-0.25, -0.2) is 0 Å². The summed E-state index contributed by atoms with van der Waals surface area (Å²) in [4.78, 5) is 17.9. The van der Waals surface area contributed by atoms with Crippen LogP contribution in [-0.4, -0.2) is 43.6 Å². The maximum absolute atomic E-state index is 12.2. The molecule has 0 aliphatic rings. The van der Waals surface area contributed by atoms with Crippen LogP contribution >= 0.6 is 0 Å². The fourth-order valence-corrected chi connectivity index (χ4v) is 2.23. The molecule has 0 bridgehead atoms. The van der Waals surface area contributed by atoms with Gasteiger partial charge in [0.15, 0.2) is 0 Å². The SMILES string of the molecule is COc1ccc(CCN(C)C(=O)/C=C/c2cccnc2)c(OC)c1. The Morgan fingerprint density at radius 3 is 2.75 bits per heavy atom. The Morgan fingerprint density at radius 1 is 1.25 bits per heavy atom. The highest BCUT2D eigenvalue weighted by Crippen LogP contribution is 2.25. The van der Waals surface area contributed by atoms with Gasteiger partial charge in [-0.15, -0.1) is 0 Å². The maximum atomic E-state index is 12.2. The number of benzene rings is 1. The monoisotopic (exact) mass is 326 g/mol. The number of nitrogens with zero attached hydrogens (tertiary/aromatic N) is 2. The van der Waals surface area contributed by atoms with E-state index in [9.17, 15) is 4.79 Å². The lowest BCUT2D eigenvalue weighted by Crippen LogP contribution is -2.27. The largest absolute Gasteiger partial charge is 0.497 e. The second-order valence-electron chi connectivity index (χ2n) is 5.31. The van der Waals surface area contributed by atoms with Crippen LogP contribution in [0.25, 0.3) is 6.08 Å². The molecule has 0 spiro atoms. The third-order valence-corrected chi connectivity index (χ3v) is 3.69. The molecule has 2 rings (SSSR count). The topological polar surface area (TPSA) is 51.7 Å². The number of hydrogen-bond donors (Lipinski definition) is 0. The number of carbonyl (C=O) groups excluding carboxylic acids is 1. The number of ether oxygens (including phenoxy) is 2. The summed E-state index contributed by atoms with van der Waals surface area (Å²) < 4.78 is 10.6. The van der Waals surface area contributed by atoms with Crippen molar-refractivity contribution < 1.29 is 14.3 Å². The molecule has 1 aromatic heterocycles. The van der Waals surface area contributed by atoms with E-state index in [0.717, 1.165) is 22.6 Å². The molecule has 0 fully saturated rings. The number of aromatic nitrogens is 1. The maximum Gasteiger partial charge on any atom is 0.246 e. The van der Waals surface area contributed by atoms with E-state index in [4.69, 9.17) is 9.47 Å². The Hall–Kier alpha value is -2.82. The van der Waals surface area contributed by atoms with Gasteiger partial charge in [-0.05, 0) is 35.8 Å². The molecule has 0 radical (unpaired) electrons. The van der Waals surface area contributed by atoms with Crippen molar-refractivity contribution in [3.8, 4) is 11.5 Å². The van der Waals surface area contributed by atoms with Crippen LogP contribution in [0.1, 0.15) is 11.1 Å². The predicted octanol–water partition coefficient (Wildman–Crippen LogP) is 2.81. The quantitative estimate of drug-likeness (QED) is 0.734. The Kier molecular flexibility index (Phi) is 6.37. The fraction of sp³-hybridized carbons (Fsp3) is 0.263. The summed E-state index contributed by atoms with van der Waals surface area (Å²) in [5, 5.41) is 0. The van der Waals surface area contributed by atoms with Gasteiger partial charge in [0.05, 0.1) is 14.2 Å². The Bertz CT molecular complexity index is 699. The lowest BCUT2D eigenvalue weighted by atomic mass is 10.1. The van der Waals surface area contributed by atoms with Crippen LogP contribution in [0.5, 0.6) is 11.5 Å². The third kappa shape index (κ3) is 4.84. The van der Waals surface area contributed by atoms with Gasteiger partial charge in [-0.3, -0.25) is 9.78 Å². The van der Waals surface area contributed by atoms with E-state index >= 15 is 0 Å². The first-order valence-corrected chi connectivity index (χ1v) is 7.68. The summed E-state index contributed by atoms with van der Waals surface area (Å²) in [7, 11) is 5.03. The summed E-state index contributed by atoms with van der Waals surface area (Å²) in [6, 6.07) is 9.44. The average molecular weight is 326 g/mol. The van der Waals surface area contributed by atoms with Crippen molar-refractivity contribution in [3.63, 3.8) is 0 Å². The van der Waals surface area contributed by atoms with E-state index in [2.05, 4.69) is 4.98 Å². The number of carbonyl (C=O) groups is 1. The summed E-state index contributed by atoms with van der Waals surface area (Å²) in [6.45, 7) is 0.596. The first-order chi connectivity index (χ1) is 11.6. The Balaban J connectivity index is 1.94. The van der Waals surface area contributed by atoms with Crippen LogP contribution in [-0.2, 0) is 11.2 Å².